The van der Waals surface area contributed by atoms with Gasteiger partial charge in [0.2, 0.25) is 0 Å². The van der Waals surface area contributed by atoms with Crippen LogP contribution in [0.1, 0.15) is 17.4 Å². The summed E-state index contributed by atoms with van der Waals surface area (Å²) in [4.78, 5) is 11.8. The zero-order valence-electron chi connectivity index (χ0n) is 9.55. The normalized spacial score (nSPS) is 10.8. The molecule has 1 N–H and O–H groups in total. The molecule has 2 aromatic rings. The summed E-state index contributed by atoms with van der Waals surface area (Å²) < 4.78 is 1.81. The van der Waals surface area contributed by atoms with Crippen molar-refractivity contribution >= 4 is 40.0 Å². The molecule has 0 aliphatic carbocycles. The molecule has 5 heteroatoms. The Hall–Kier alpha value is -1.19. The minimum atomic E-state index is -0.113. The number of hydrogen-bond donors (Lipinski definition) is 1. The third-order valence-corrected chi connectivity index (χ3v) is 3.50. The van der Waals surface area contributed by atoms with Crippen LogP contribution in [-0.4, -0.2) is 17.0 Å². The van der Waals surface area contributed by atoms with E-state index in [2.05, 4.69) is 5.32 Å². The van der Waals surface area contributed by atoms with Crippen LogP contribution in [0, 0.1) is 0 Å². The van der Waals surface area contributed by atoms with E-state index >= 15 is 0 Å². The third-order valence-electron chi connectivity index (χ3n) is 2.68. The SMILES string of the molecule is CCNC(=O)c1cc2c(Cl)c(Cl)ccc2n1C. The number of aryl methyl sites for hydroxylation is 1. The van der Waals surface area contributed by atoms with Crippen LogP contribution >= 0.6 is 23.2 Å². The maximum Gasteiger partial charge on any atom is 0.267 e. The predicted octanol–water partition coefficient (Wildman–Crippen LogP) is 3.23. The van der Waals surface area contributed by atoms with Crippen LogP contribution in [0.2, 0.25) is 10.0 Å². The Morgan fingerprint density at radius 2 is 2.12 bits per heavy atom. The van der Waals surface area contributed by atoms with Gasteiger partial charge in [-0.05, 0) is 25.1 Å². The highest BCUT2D eigenvalue weighted by Gasteiger charge is 2.15. The van der Waals surface area contributed by atoms with Crippen LogP contribution in [0.3, 0.4) is 0 Å². The van der Waals surface area contributed by atoms with Crippen LogP contribution in [0.25, 0.3) is 10.9 Å². The van der Waals surface area contributed by atoms with Gasteiger partial charge in [0.1, 0.15) is 5.69 Å². The largest absolute Gasteiger partial charge is 0.351 e. The van der Waals surface area contributed by atoms with Gasteiger partial charge in [-0.15, -0.1) is 0 Å². The van der Waals surface area contributed by atoms with Crippen LogP contribution in [0.4, 0.5) is 0 Å². The average Bonchev–Trinajstić information content (AvgIpc) is 2.63. The lowest BCUT2D eigenvalue weighted by Crippen LogP contribution is -2.24. The molecule has 1 aromatic carbocycles. The third kappa shape index (κ3) is 2.01. The first-order chi connectivity index (χ1) is 8.06. The molecule has 0 radical (unpaired) electrons. The molecule has 0 saturated heterocycles. The van der Waals surface area contributed by atoms with E-state index in [1.165, 1.54) is 0 Å². The first kappa shape index (κ1) is 12.3. The quantitative estimate of drug-likeness (QED) is 0.893. The van der Waals surface area contributed by atoms with Crippen LogP contribution in [0.5, 0.6) is 0 Å². The van der Waals surface area contributed by atoms with Crippen molar-refractivity contribution in [3.63, 3.8) is 0 Å². The standard InChI is InChI=1S/C12H12Cl2N2O/c1-3-15-12(17)10-6-7-9(16(10)2)5-4-8(13)11(7)14/h4-6H,3H2,1-2H3,(H,15,17). The van der Waals surface area contributed by atoms with Crippen LogP contribution < -0.4 is 5.32 Å². The maximum absolute atomic E-state index is 11.8. The number of carbonyl (C=O) groups excluding carboxylic acids is 1. The molecule has 0 aliphatic heterocycles. The van der Waals surface area contributed by atoms with Crippen molar-refractivity contribution in [3.8, 4) is 0 Å². The highest BCUT2D eigenvalue weighted by Crippen LogP contribution is 2.32. The van der Waals surface area contributed by atoms with Crippen molar-refractivity contribution in [2.75, 3.05) is 6.54 Å². The molecule has 0 fully saturated rings. The summed E-state index contributed by atoms with van der Waals surface area (Å²) in [6.45, 7) is 2.47. The van der Waals surface area contributed by atoms with Crippen LogP contribution in [-0.2, 0) is 7.05 Å². The number of nitrogens with one attached hydrogen (secondary N) is 1. The molecule has 0 atom stereocenters. The lowest BCUT2D eigenvalue weighted by atomic mass is 10.2. The second-order valence-corrected chi connectivity index (χ2v) is 4.53. The van der Waals surface area contributed by atoms with Gasteiger partial charge in [0.05, 0.1) is 10.0 Å². The molecule has 90 valence electrons. The Balaban J connectivity index is 2.64. The zero-order valence-corrected chi connectivity index (χ0v) is 11.1. The number of hydrogen-bond acceptors (Lipinski definition) is 1. The second-order valence-electron chi connectivity index (χ2n) is 3.74. The van der Waals surface area contributed by atoms with E-state index in [1.54, 1.807) is 12.1 Å². The fourth-order valence-corrected chi connectivity index (χ4v) is 2.20. The minimum absolute atomic E-state index is 0.113. The molecular weight excluding hydrogens is 259 g/mol. The average molecular weight is 271 g/mol. The molecule has 1 amide bonds. The molecule has 1 aromatic heterocycles. The number of aromatic nitrogens is 1. The van der Waals surface area contributed by atoms with Gasteiger partial charge >= 0.3 is 0 Å². The Morgan fingerprint density at radius 3 is 2.76 bits per heavy atom. The van der Waals surface area contributed by atoms with Crippen molar-refractivity contribution in [1.82, 2.24) is 9.88 Å². The summed E-state index contributed by atoms with van der Waals surface area (Å²) in [6, 6.07) is 5.34. The van der Waals surface area contributed by atoms with Gasteiger partial charge in [0.15, 0.2) is 0 Å². The monoisotopic (exact) mass is 270 g/mol. The molecule has 0 aliphatic rings. The van der Waals surface area contributed by atoms with E-state index in [1.807, 2.05) is 24.6 Å². The summed E-state index contributed by atoms with van der Waals surface area (Å²) >= 11 is 12.1. The smallest absolute Gasteiger partial charge is 0.267 e. The number of amides is 1. The maximum atomic E-state index is 11.8. The second kappa shape index (κ2) is 4.59. The summed E-state index contributed by atoms with van der Waals surface area (Å²) in [5.74, 6) is -0.113. The Morgan fingerprint density at radius 1 is 1.41 bits per heavy atom. The van der Waals surface area contributed by atoms with E-state index in [0.717, 1.165) is 10.9 Å². The van der Waals surface area contributed by atoms with Crippen molar-refractivity contribution in [2.45, 2.75) is 6.92 Å². The van der Waals surface area contributed by atoms with Gasteiger partial charge < -0.3 is 9.88 Å². The fraction of sp³-hybridized carbons (Fsp3) is 0.250. The van der Waals surface area contributed by atoms with Crippen molar-refractivity contribution in [2.24, 2.45) is 7.05 Å². The molecule has 2 rings (SSSR count). The zero-order chi connectivity index (χ0) is 12.6. The molecule has 1 heterocycles. The Kier molecular flexibility index (Phi) is 3.31. The lowest BCUT2D eigenvalue weighted by Gasteiger charge is -2.04. The first-order valence-corrected chi connectivity index (χ1v) is 6.03. The van der Waals surface area contributed by atoms with Gasteiger partial charge in [0, 0.05) is 24.5 Å². The summed E-state index contributed by atoms with van der Waals surface area (Å²) in [5.41, 5.74) is 1.46. The highest BCUT2D eigenvalue weighted by molar-refractivity contribution is 6.45. The number of fused-ring (bicyclic) bond motifs is 1. The van der Waals surface area contributed by atoms with E-state index in [9.17, 15) is 4.79 Å². The summed E-state index contributed by atoms with van der Waals surface area (Å²) in [6.07, 6.45) is 0. The van der Waals surface area contributed by atoms with Gasteiger partial charge in [-0.1, -0.05) is 23.2 Å². The van der Waals surface area contributed by atoms with Crippen LogP contribution in [0.15, 0.2) is 18.2 Å². The van der Waals surface area contributed by atoms with Gasteiger partial charge in [-0.2, -0.15) is 0 Å². The van der Waals surface area contributed by atoms with Gasteiger partial charge in [0.25, 0.3) is 5.91 Å². The Labute approximate surface area is 109 Å². The molecule has 0 spiro atoms. The number of rotatable bonds is 2. The number of halogens is 2. The van der Waals surface area contributed by atoms with Crippen molar-refractivity contribution in [1.29, 1.82) is 0 Å². The predicted molar refractivity (Wildman–Crippen MR) is 70.9 cm³/mol. The van der Waals surface area contributed by atoms with E-state index < -0.39 is 0 Å². The first-order valence-electron chi connectivity index (χ1n) is 5.28. The fourth-order valence-electron chi connectivity index (χ4n) is 1.82. The van der Waals surface area contributed by atoms with Crippen molar-refractivity contribution in [3.05, 3.63) is 33.9 Å². The number of benzene rings is 1. The molecule has 0 bridgehead atoms. The minimum Gasteiger partial charge on any atom is -0.351 e. The molecule has 17 heavy (non-hydrogen) atoms. The van der Waals surface area contributed by atoms with Gasteiger partial charge in [-0.25, -0.2) is 0 Å². The van der Waals surface area contributed by atoms with E-state index in [-0.39, 0.29) is 5.91 Å². The summed E-state index contributed by atoms with van der Waals surface area (Å²) in [7, 11) is 1.83. The molecular formula is C12H12Cl2N2O. The molecule has 0 unspecified atom stereocenters. The highest BCUT2D eigenvalue weighted by atomic mass is 35.5. The van der Waals surface area contributed by atoms with Crippen molar-refractivity contribution < 1.29 is 4.79 Å². The van der Waals surface area contributed by atoms with E-state index in [4.69, 9.17) is 23.2 Å². The Bertz CT molecular complexity index is 590. The molecule has 3 nitrogen and oxygen atoms in total. The molecule has 0 saturated carbocycles. The lowest BCUT2D eigenvalue weighted by molar-refractivity contribution is 0.0948. The van der Waals surface area contributed by atoms with E-state index in [0.29, 0.717) is 22.3 Å². The van der Waals surface area contributed by atoms with Gasteiger partial charge in [-0.3, -0.25) is 4.79 Å². The summed E-state index contributed by atoms with van der Waals surface area (Å²) in [5, 5.41) is 4.53. The number of carbonyl (C=O) groups is 1. The topological polar surface area (TPSA) is 34.0 Å². The number of nitrogens with zero attached hydrogens (tertiary/aromatic N) is 1.